The average molecular weight is 365 g/mol. The van der Waals surface area contributed by atoms with Crippen molar-refractivity contribution in [3.63, 3.8) is 0 Å². The van der Waals surface area contributed by atoms with Crippen molar-refractivity contribution in [3.8, 4) is 5.75 Å². The van der Waals surface area contributed by atoms with E-state index in [2.05, 4.69) is 0 Å². The molecule has 0 saturated carbocycles. The highest BCUT2D eigenvalue weighted by Crippen LogP contribution is 2.28. The molecule has 0 unspecified atom stereocenters. The lowest BCUT2D eigenvalue weighted by atomic mass is 10.3. The quantitative estimate of drug-likeness (QED) is 0.642. The van der Waals surface area contributed by atoms with E-state index in [1.807, 2.05) is 19.0 Å². The zero-order chi connectivity index (χ0) is 17.6. The average Bonchev–Trinajstić information content (AvgIpc) is 2.45. The maximum absolute atomic E-state index is 12.0. The highest BCUT2D eigenvalue weighted by molar-refractivity contribution is 7.89. The fourth-order valence-electron chi connectivity index (χ4n) is 1.49. The molecule has 0 heterocycles. The molecule has 0 amide bonds. The Bertz CT molecular complexity index is 647. The van der Waals surface area contributed by atoms with Gasteiger partial charge in [0.25, 0.3) is 0 Å². The first-order valence-electron chi connectivity index (χ1n) is 6.80. The van der Waals surface area contributed by atoms with Gasteiger partial charge in [0.15, 0.2) is 6.61 Å². The van der Waals surface area contributed by atoms with Crippen LogP contribution in [0.5, 0.6) is 5.75 Å². The minimum absolute atomic E-state index is 0.0495. The van der Waals surface area contributed by atoms with Gasteiger partial charge >= 0.3 is 5.97 Å². The first kappa shape index (κ1) is 19.7. The molecular weight excluding hydrogens is 344 g/mol. The highest BCUT2D eigenvalue weighted by atomic mass is 35.5. The second kappa shape index (κ2) is 8.49. The molecule has 0 atom stereocenters. The van der Waals surface area contributed by atoms with Gasteiger partial charge in [-0.25, -0.2) is 17.5 Å². The Morgan fingerprint density at radius 2 is 1.87 bits per heavy atom. The fraction of sp³-hybridized carbons (Fsp3) is 0.500. The maximum atomic E-state index is 12.0. The van der Waals surface area contributed by atoms with Gasteiger partial charge in [-0.1, -0.05) is 11.6 Å². The van der Waals surface area contributed by atoms with Gasteiger partial charge in [-0.2, -0.15) is 0 Å². The summed E-state index contributed by atoms with van der Waals surface area (Å²) in [6.45, 7) is 0.583. The van der Waals surface area contributed by atoms with E-state index >= 15 is 0 Å². The van der Waals surface area contributed by atoms with E-state index in [0.717, 1.165) is 4.31 Å². The van der Waals surface area contributed by atoms with Crippen molar-refractivity contribution in [2.45, 2.75) is 4.90 Å². The Kier molecular flexibility index (Phi) is 7.27. The summed E-state index contributed by atoms with van der Waals surface area (Å²) in [4.78, 5) is 13.4. The Balaban J connectivity index is 2.64. The summed E-state index contributed by atoms with van der Waals surface area (Å²) >= 11 is 6.00. The summed E-state index contributed by atoms with van der Waals surface area (Å²) in [5.74, 6) is -0.304. The van der Waals surface area contributed by atoms with Crippen LogP contribution in [0.2, 0.25) is 5.02 Å². The number of carbonyl (C=O) groups excluding carboxylic acids is 1. The summed E-state index contributed by atoms with van der Waals surface area (Å²) in [6, 6.07) is 4.06. The number of ether oxygens (including phenoxy) is 2. The summed E-state index contributed by atoms with van der Waals surface area (Å²) in [5.41, 5.74) is 0. The molecule has 0 fully saturated rings. The van der Waals surface area contributed by atoms with E-state index in [0.29, 0.717) is 6.54 Å². The molecule has 7 nitrogen and oxygen atoms in total. The Hall–Kier alpha value is -1.35. The number of sulfonamides is 1. The first-order valence-corrected chi connectivity index (χ1v) is 8.61. The number of carbonyl (C=O) groups is 1. The molecule has 0 aromatic heterocycles. The third kappa shape index (κ3) is 5.98. The van der Waals surface area contributed by atoms with Gasteiger partial charge in [-0.3, -0.25) is 0 Å². The lowest BCUT2D eigenvalue weighted by molar-refractivity contribution is -0.146. The van der Waals surface area contributed by atoms with Gasteiger partial charge in [0.2, 0.25) is 10.0 Å². The zero-order valence-corrected chi connectivity index (χ0v) is 15.1. The normalized spacial score (nSPS) is 11.8. The topological polar surface area (TPSA) is 76.1 Å². The lowest BCUT2D eigenvalue weighted by Crippen LogP contribution is -2.23. The van der Waals surface area contributed by atoms with E-state index < -0.39 is 16.0 Å². The number of hydrogen-bond donors (Lipinski definition) is 0. The van der Waals surface area contributed by atoms with Gasteiger partial charge in [0.1, 0.15) is 12.4 Å². The standard InChI is InChI=1S/C14H21ClN2O5S/c1-16(2)7-8-21-14(18)10-22-13-6-5-11(9-12(13)15)23(19,20)17(3)4/h5-6,9H,7-8,10H2,1-4H3. The fourth-order valence-corrected chi connectivity index (χ4v) is 2.72. The van der Waals surface area contributed by atoms with E-state index in [4.69, 9.17) is 21.1 Å². The highest BCUT2D eigenvalue weighted by Gasteiger charge is 2.19. The van der Waals surface area contributed by atoms with Crippen LogP contribution < -0.4 is 4.74 Å². The Morgan fingerprint density at radius 3 is 2.39 bits per heavy atom. The van der Waals surface area contributed by atoms with Crippen molar-refractivity contribution in [1.82, 2.24) is 9.21 Å². The monoisotopic (exact) mass is 364 g/mol. The van der Waals surface area contributed by atoms with Crippen LogP contribution in [-0.2, 0) is 19.6 Å². The third-order valence-corrected chi connectivity index (χ3v) is 4.94. The number of halogens is 1. The first-order chi connectivity index (χ1) is 10.6. The number of rotatable bonds is 8. The molecule has 9 heteroatoms. The van der Waals surface area contributed by atoms with Crippen LogP contribution in [0.15, 0.2) is 23.1 Å². The SMILES string of the molecule is CN(C)CCOC(=O)COc1ccc(S(=O)(=O)N(C)C)cc1Cl. The molecule has 1 aromatic carbocycles. The molecule has 0 aliphatic heterocycles. The van der Waals surface area contributed by atoms with Crippen molar-refractivity contribution in [2.75, 3.05) is 47.9 Å². The van der Waals surface area contributed by atoms with E-state index in [9.17, 15) is 13.2 Å². The minimum atomic E-state index is -3.57. The lowest BCUT2D eigenvalue weighted by Gasteiger charge is -2.13. The summed E-state index contributed by atoms with van der Waals surface area (Å²) in [5, 5.41) is 0.106. The van der Waals surface area contributed by atoms with Crippen molar-refractivity contribution >= 4 is 27.6 Å². The molecule has 0 saturated heterocycles. The molecule has 23 heavy (non-hydrogen) atoms. The predicted molar refractivity (Wildman–Crippen MR) is 87.3 cm³/mol. The van der Waals surface area contributed by atoms with Crippen LogP contribution in [0.25, 0.3) is 0 Å². The third-order valence-electron chi connectivity index (χ3n) is 2.83. The number of nitrogens with zero attached hydrogens (tertiary/aromatic N) is 2. The number of hydrogen-bond acceptors (Lipinski definition) is 6. The Morgan fingerprint density at radius 1 is 1.22 bits per heavy atom. The molecule has 0 aliphatic carbocycles. The summed E-state index contributed by atoms with van der Waals surface area (Å²) in [6.07, 6.45) is 0. The molecule has 0 N–H and O–H groups in total. The van der Waals surface area contributed by atoms with Gasteiger partial charge in [0, 0.05) is 20.6 Å². The van der Waals surface area contributed by atoms with Crippen molar-refractivity contribution in [3.05, 3.63) is 23.2 Å². The van der Waals surface area contributed by atoms with Gasteiger partial charge in [-0.15, -0.1) is 0 Å². The molecule has 130 valence electrons. The second-order valence-electron chi connectivity index (χ2n) is 5.19. The second-order valence-corrected chi connectivity index (χ2v) is 7.75. The van der Waals surface area contributed by atoms with E-state index in [1.165, 1.54) is 32.3 Å². The van der Waals surface area contributed by atoms with Crippen LogP contribution in [0.3, 0.4) is 0 Å². The molecule has 0 spiro atoms. The van der Waals surface area contributed by atoms with Gasteiger partial charge in [0.05, 0.1) is 9.92 Å². The van der Waals surface area contributed by atoms with Crippen molar-refractivity contribution in [2.24, 2.45) is 0 Å². The van der Waals surface area contributed by atoms with Crippen molar-refractivity contribution < 1.29 is 22.7 Å². The minimum Gasteiger partial charge on any atom is -0.480 e. The maximum Gasteiger partial charge on any atom is 0.344 e. The molecule has 1 rings (SSSR count). The van der Waals surface area contributed by atoms with Crippen molar-refractivity contribution in [1.29, 1.82) is 0 Å². The van der Waals surface area contributed by atoms with Crippen LogP contribution in [0.4, 0.5) is 0 Å². The van der Waals surface area contributed by atoms with Gasteiger partial charge in [-0.05, 0) is 32.3 Å². The van der Waals surface area contributed by atoms with Crippen LogP contribution in [0, 0.1) is 0 Å². The largest absolute Gasteiger partial charge is 0.480 e. The van der Waals surface area contributed by atoms with E-state index in [-0.39, 0.29) is 28.9 Å². The van der Waals surface area contributed by atoms with Gasteiger partial charge < -0.3 is 14.4 Å². The summed E-state index contributed by atoms with van der Waals surface area (Å²) in [7, 11) is 3.02. The predicted octanol–water partition coefficient (Wildman–Crippen LogP) is 1.07. The molecule has 0 radical (unpaired) electrons. The van der Waals surface area contributed by atoms with E-state index in [1.54, 1.807) is 0 Å². The molecular formula is C14H21ClN2O5S. The zero-order valence-electron chi connectivity index (χ0n) is 13.6. The Labute approximate surface area is 141 Å². The molecule has 0 aliphatic rings. The molecule has 1 aromatic rings. The summed E-state index contributed by atoms with van der Waals surface area (Å²) < 4.78 is 35.3. The molecule has 0 bridgehead atoms. The smallest absolute Gasteiger partial charge is 0.344 e. The number of likely N-dealkylation sites (N-methyl/N-ethyl adjacent to an activating group) is 1. The van der Waals surface area contributed by atoms with Crippen LogP contribution in [0.1, 0.15) is 0 Å². The van der Waals surface area contributed by atoms with Crippen LogP contribution in [-0.4, -0.2) is 71.5 Å². The number of esters is 1. The number of benzene rings is 1. The van der Waals surface area contributed by atoms with Crippen LogP contribution >= 0.6 is 11.6 Å².